The first-order chi connectivity index (χ1) is 6.42. The third-order valence-corrected chi connectivity index (χ3v) is 3.54. The smallest absolute Gasteiger partial charge is 0.0321 e. The lowest BCUT2D eigenvalue weighted by Crippen LogP contribution is -2.30. The van der Waals surface area contributed by atoms with E-state index >= 15 is 0 Å². The zero-order chi connectivity index (χ0) is 9.10. The van der Waals surface area contributed by atoms with Gasteiger partial charge in [-0.1, -0.05) is 26.2 Å². The molecule has 2 aliphatic rings. The minimum Gasteiger partial charge on any atom is -0.388 e. The van der Waals surface area contributed by atoms with Crippen LogP contribution in [-0.4, -0.2) is 6.04 Å². The molecule has 1 fully saturated rings. The van der Waals surface area contributed by atoms with Crippen LogP contribution in [0.15, 0.2) is 11.8 Å². The molecule has 74 valence electrons. The second-order valence-corrected chi connectivity index (χ2v) is 4.49. The quantitative estimate of drug-likeness (QED) is 0.701. The van der Waals surface area contributed by atoms with Gasteiger partial charge in [-0.15, -0.1) is 0 Å². The van der Waals surface area contributed by atoms with E-state index < -0.39 is 0 Å². The molecule has 0 aromatic rings. The number of nitrogens with one attached hydrogen (secondary N) is 1. The summed E-state index contributed by atoms with van der Waals surface area (Å²) in [5, 5.41) is 3.56. The SMILES string of the molecule is CCCCC1=CNC2CCCCC12. The molecule has 1 aliphatic carbocycles. The molecule has 0 radical (unpaired) electrons. The Morgan fingerprint density at radius 2 is 2.23 bits per heavy atom. The van der Waals surface area contributed by atoms with Crippen molar-refractivity contribution in [3.8, 4) is 0 Å². The predicted octanol–water partition coefficient (Wildman–Crippen LogP) is 3.22. The maximum atomic E-state index is 3.56. The summed E-state index contributed by atoms with van der Waals surface area (Å²) in [4.78, 5) is 0. The monoisotopic (exact) mass is 179 g/mol. The zero-order valence-corrected chi connectivity index (χ0v) is 8.68. The Morgan fingerprint density at radius 1 is 1.38 bits per heavy atom. The summed E-state index contributed by atoms with van der Waals surface area (Å²) in [5.41, 5.74) is 1.71. The third-order valence-electron chi connectivity index (χ3n) is 3.54. The van der Waals surface area contributed by atoms with Gasteiger partial charge in [0.1, 0.15) is 0 Å². The number of hydrogen-bond acceptors (Lipinski definition) is 1. The van der Waals surface area contributed by atoms with E-state index in [-0.39, 0.29) is 0 Å². The van der Waals surface area contributed by atoms with Crippen LogP contribution in [-0.2, 0) is 0 Å². The average molecular weight is 179 g/mol. The summed E-state index contributed by atoms with van der Waals surface area (Å²) in [6.07, 6.45) is 12.1. The van der Waals surface area contributed by atoms with Crippen LogP contribution in [0.1, 0.15) is 51.9 Å². The molecule has 0 spiro atoms. The lowest BCUT2D eigenvalue weighted by Gasteiger charge is -2.27. The largest absolute Gasteiger partial charge is 0.388 e. The van der Waals surface area contributed by atoms with Crippen molar-refractivity contribution in [3.05, 3.63) is 11.8 Å². The van der Waals surface area contributed by atoms with Gasteiger partial charge in [-0.2, -0.15) is 0 Å². The van der Waals surface area contributed by atoms with Crippen molar-refractivity contribution in [2.45, 2.75) is 57.9 Å². The van der Waals surface area contributed by atoms with Gasteiger partial charge in [0, 0.05) is 12.0 Å². The van der Waals surface area contributed by atoms with Gasteiger partial charge in [-0.05, 0) is 37.5 Å². The Balaban J connectivity index is 1.89. The Bertz CT molecular complexity index is 195. The van der Waals surface area contributed by atoms with Gasteiger partial charge in [0.2, 0.25) is 0 Å². The molecular weight excluding hydrogens is 158 g/mol. The Kier molecular flexibility index (Phi) is 2.92. The molecular formula is C12H21N. The molecule has 0 amide bonds. The van der Waals surface area contributed by atoms with E-state index in [2.05, 4.69) is 18.4 Å². The van der Waals surface area contributed by atoms with E-state index in [1.165, 1.54) is 44.9 Å². The highest BCUT2D eigenvalue weighted by Crippen LogP contribution is 2.35. The molecule has 0 saturated heterocycles. The van der Waals surface area contributed by atoms with Crippen LogP contribution in [0, 0.1) is 5.92 Å². The first-order valence-corrected chi connectivity index (χ1v) is 5.87. The molecule has 2 rings (SSSR count). The maximum Gasteiger partial charge on any atom is 0.0321 e. The van der Waals surface area contributed by atoms with Gasteiger partial charge in [-0.3, -0.25) is 0 Å². The molecule has 13 heavy (non-hydrogen) atoms. The van der Waals surface area contributed by atoms with Crippen LogP contribution in [0.2, 0.25) is 0 Å². The molecule has 1 aliphatic heterocycles. The Labute approximate surface area is 81.6 Å². The van der Waals surface area contributed by atoms with Crippen molar-refractivity contribution in [3.63, 3.8) is 0 Å². The molecule has 1 nitrogen and oxygen atoms in total. The summed E-state index contributed by atoms with van der Waals surface area (Å²) in [6, 6.07) is 0.806. The molecule has 0 aromatic carbocycles. The van der Waals surface area contributed by atoms with Gasteiger partial charge >= 0.3 is 0 Å². The highest BCUT2D eigenvalue weighted by Gasteiger charge is 2.30. The predicted molar refractivity (Wildman–Crippen MR) is 56.5 cm³/mol. The van der Waals surface area contributed by atoms with E-state index in [0.717, 1.165) is 12.0 Å². The molecule has 1 heterocycles. The molecule has 0 aromatic heterocycles. The van der Waals surface area contributed by atoms with E-state index in [9.17, 15) is 0 Å². The lowest BCUT2D eigenvalue weighted by atomic mass is 9.81. The molecule has 1 N–H and O–H groups in total. The van der Waals surface area contributed by atoms with Crippen molar-refractivity contribution < 1.29 is 0 Å². The van der Waals surface area contributed by atoms with Crippen LogP contribution >= 0.6 is 0 Å². The summed E-state index contributed by atoms with van der Waals surface area (Å²) in [6.45, 7) is 2.28. The highest BCUT2D eigenvalue weighted by molar-refractivity contribution is 5.17. The first kappa shape index (κ1) is 9.11. The number of rotatable bonds is 3. The first-order valence-electron chi connectivity index (χ1n) is 5.87. The summed E-state index contributed by atoms with van der Waals surface area (Å²) >= 11 is 0. The van der Waals surface area contributed by atoms with Gasteiger partial charge in [0.25, 0.3) is 0 Å². The van der Waals surface area contributed by atoms with Gasteiger partial charge in [-0.25, -0.2) is 0 Å². The minimum absolute atomic E-state index is 0.806. The summed E-state index contributed by atoms with van der Waals surface area (Å²) in [5.74, 6) is 0.903. The van der Waals surface area contributed by atoms with E-state index in [0.29, 0.717) is 0 Å². The van der Waals surface area contributed by atoms with E-state index in [4.69, 9.17) is 0 Å². The van der Waals surface area contributed by atoms with Gasteiger partial charge in [0.15, 0.2) is 0 Å². The standard InChI is InChI=1S/C12H21N/c1-2-3-6-10-9-13-12-8-5-4-7-11(10)12/h9,11-13H,2-8H2,1H3. The van der Waals surface area contributed by atoms with Crippen LogP contribution in [0.5, 0.6) is 0 Å². The molecule has 2 unspecified atom stereocenters. The van der Waals surface area contributed by atoms with Crippen molar-refractivity contribution in [2.24, 2.45) is 5.92 Å². The second-order valence-electron chi connectivity index (χ2n) is 4.49. The van der Waals surface area contributed by atoms with Crippen LogP contribution < -0.4 is 5.32 Å². The van der Waals surface area contributed by atoms with Crippen molar-refractivity contribution in [1.29, 1.82) is 0 Å². The Morgan fingerprint density at radius 3 is 3.08 bits per heavy atom. The number of unbranched alkanes of at least 4 members (excludes halogenated alkanes) is 1. The van der Waals surface area contributed by atoms with Gasteiger partial charge < -0.3 is 5.32 Å². The van der Waals surface area contributed by atoms with E-state index in [1.54, 1.807) is 5.57 Å². The molecule has 2 atom stereocenters. The molecule has 1 heteroatoms. The normalized spacial score (nSPS) is 32.2. The molecule has 0 bridgehead atoms. The maximum absolute atomic E-state index is 3.56. The van der Waals surface area contributed by atoms with E-state index in [1.807, 2.05) is 0 Å². The highest BCUT2D eigenvalue weighted by atomic mass is 14.9. The number of fused-ring (bicyclic) bond motifs is 1. The van der Waals surface area contributed by atoms with Gasteiger partial charge in [0.05, 0.1) is 0 Å². The fourth-order valence-corrected chi connectivity index (χ4v) is 2.73. The number of hydrogen-bond donors (Lipinski definition) is 1. The van der Waals surface area contributed by atoms with Crippen LogP contribution in [0.4, 0.5) is 0 Å². The zero-order valence-electron chi connectivity index (χ0n) is 8.68. The van der Waals surface area contributed by atoms with Crippen LogP contribution in [0.25, 0.3) is 0 Å². The average Bonchev–Trinajstić information content (AvgIpc) is 2.58. The fraction of sp³-hybridized carbons (Fsp3) is 0.833. The minimum atomic E-state index is 0.806. The van der Waals surface area contributed by atoms with Crippen LogP contribution in [0.3, 0.4) is 0 Å². The summed E-state index contributed by atoms with van der Waals surface area (Å²) in [7, 11) is 0. The van der Waals surface area contributed by atoms with Crippen molar-refractivity contribution in [1.82, 2.24) is 5.32 Å². The van der Waals surface area contributed by atoms with Crippen molar-refractivity contribution >= 4 is 0 Å². The fourth-order valence-electron chi connectivity index (χ4n) is 2.73. The van der Waals surface area contributed by atoms with Crippen molar-refractivity contribution in [2.75, 3.05) is 0 Å². The third kappa shape index (κ3) is 1.90. The Hall–Kier alpha value is -0.460. The molecule has 1 saturated carbocycles. The second kappa shape index (κ2) is 4.17. The summed E-state index contributed by atoms with van der Waals surface area (Å²) < 4.78 is 0. The lowest BCUT2D eigenvalue weighted by molar-refractivity contribution is 0.336. The topological polar surface area (TPSA) is 12.0 Å².